The second-order valence-corrected chi connectivity index (χ2v) is 4.42. The monoisotopic (exact) mass is 244 g/mol. The summed E-state index contributed by atoms with van der Waals surface area (Å²) in [6.45, 7) is 0. The first kappa shape index (κ1) is 9.98. The third-order valence-electron chi connectivity index (χ3n) is 2.42. The van der Waals surface area contributed by atoms with Gasteiger partial charge in [-0.05, 0) is 22.9 Å². The van der Waals surface area contributed by atoms with Crippen molar-refractivity contribution in [3.05, 3.63) is 41.9 Å². The summed E-state index contributed by atoms with van der Waals surface area (Å²) in [7, 11) is 0. The van der Waals surface area contributed by atoms with Crippen molar-refractivity contribution in [3.63, 3.8) is 0 Å². The van der Waals surface area contributed by atoms with Crippen LogP contribution in [0.5, 0.6) is 0 Å². The lowest BCUT2D eigenvalue weighted by Crippen LogP contribution is -2.14. The number of thiophene rings is 1. The van der Waals surface area contributed by atoms with Crippen molar-refractivity contribution in [2.45, 2.75) is 0 Å². The minimum absolute atomic E-state index is 0.307. The number of carbonyl (C=O) groups is 1. The standard InChI is InChI=1S/C11H8N4OS/c12-11(16)9-10-7(1-4-17-10)5-8(14-9)15-3-2-13-6-15/h1-6H,(H2,12,16). The van der Waals surface area contributed by atoms with Gasteiger partial charge in [0.25, 0.3) is 5.91 Å². The van der Waals surface area contributed by atoms with E-state index in [2.05, 4.69) is 9.97 Å². The molecule has 3 aromatic heterocycles. The molecular formula is C11H8N4OS. The molecule has 17 heavy (non-hydrogen) atoms. The number of carbonyl (C=O) groups excluding carboxylic acids is 1. The van der Waals surface area contributed by atoms with Gasteiger partial charge in [0.15, 0.2) is 0 Å². The van der Waals surface area contributed by atoms with Gasteiger partial charge in [-0.25, -0.2) is 9.97 Å². The van der Waals surface area contributed by atoms with Gasteiger partial charge in [0.2, 0.25) is 0 Å². The minimum atomic E-state index is -0.514. The lowest BCUT2D eigenvalue weighted by atomic mass is 10.2. The van der Waals surface area contributed by atoms with Gasteiger partial charge in [-0.15, -0.1) is 11.3 Å². The third kappa shape index (κ3) is 1.58. The van der Waals surface area contributed by atoms with E-state index in [4.69, 9.17) is 5.73 Å². The van der Waals surface area contributed by atoms with Crippen molar-refractivity contribution in [2.24, 2.45) is 5.73 Å². The summed E-state index contributed by atoms with van der Waals surface area (Å²) in [4.78, 5) is 19.6. The minimum Gasteiger partial charge on any atom is -0.364 e. The molecule has 0 aliphatic carbocycles. The summed E-state index contributed by atoms with van der Waals surface area (Å²) in [6.07, 6.45) is 5.06. The van der Waals surface area contributed by atoms with E-state index in [1.54, 1.807) is 23.3 Å². The van der Waals surface area contributed by atoms with Gasteiger partial charge in [-0.3, -0.25) is 9.36 Å². The van der Waals surface area contributed by atoms with Crippen LogP contribution in [0.15, 0.2) is 36.2 Å². The topological polar surface area (TPSA) is 73.8 Å². The Morgan fingerprint density at radius 2 is 2.35 bits per heavy atom. The molecule has 3 aromatic rings. The molecule has 0 saturated heterocycles. The third-order valence-corrected chi connectivity index (χ3v) is 3.36. The Balaban J connectivity index is 2.31. The van der Waals surface area contributed by atoms with Crippen LogP contribution >= 0.6 is 11.3 Å². The molecule has 0 fully saturated rings. The first-order valence-corrected chi connectivity index (χ1v) is 5.80. The summed E-state index contributed by atoms with van der Waals surface area (Å²) < 4.78 is 2.56. The van der Waals surface area contributed by atoms with Crippen LogP contribution in [0, 0.1) is 0 Å². The Morgan fingerprint density at radius 1 is 1.47 bits per heavy atom. The molecule has 0 spiro atoms. The van der Waals surface area contributed by atoms with Crippen LogP contribution in [0.1, 0.15) is 10.5 Å². The molecule has 2 N–H and O–H groups in total. The summed E-state index contributed by atoms with van der Waals surface area (Å²) in [5, 5.41) is 2.87. The molecule has 0 bridgehead atoms. The molecule has 0 aliphatic rings. The Kier molecular flexibility index (Phi) is 2.15. The van der Waals surface area contributed by atoms with E-state index in [1.807, 2.05) is 17.5 Å². The van der Waals surface area contributed by atoms with Gasteiger partial charge in [-0.1, -0.05) is 0 Å². The number of rotatable bonds is 2. The van der Waals surface area contributed by atoms with Crippen LogP contribution in [0.4, 0.5) is 0 Å². The summed E-state index contributed by atoms with van der Waals surface area (Å²) in [5.74, 6) is 0.126. The quantitative estimate of drug-likeness (QED) is 0.743. The number of imidazole rings is 1. The van der Waals surface area contributed by atoms with Gasteiger partial charge >= 0.3 is 0 Å². The first-order chi connectivity index (χ1) is 8.25. The van der Waals surface area contributed by atoms with E-state index < -0.39 is 5.91 Å². The highest BCUT2D eigenvalue weighted by molar-refractivity contribution is 7.17. The number of nitrogens with two attached hydrogens (primary N) is 1. The molecule has 1 amide bonds. The van der Waals surface area contributed by atoms with Gasteiger partial charge < -0.3 is 5.73 Å². The molecule has 0 saturated carbocycles. The summed E-state index contributed by atoms with van der Waals surface area (Å²) in [6, 6.07) is 3.84. The van der Waals surface area contributed by atoms with Crippen LogP contribution in [-0.2, 0) is 0 Å². The number of pyridine rings is 1. The number of amides is 1. The van der Waals surface area contributed by atoms with Crippen molar-refractivity contribution >= 4 is 27.3 Å². The fourth-order valence-electron chi connectivity index (χ4n) is 1.66. The maximum Gasteiger partial charge on any atom is 0.268 e. The average molecular weight is 244 g/mol. The smallest absolute Gasteiger partial charge is 0.268 e. The largest absolute Gasteiger partial charge is 0.364 e. The predicted octanol–water partition coefficient (Wildman–Crippen LogP) is 1.58. The van der Waals surface area contributed by atoms with Gasteiger partial charge in [-0.2, -0.15) is 0 Å². The zero-order valence-corrected chi connectivity index (χ0v) is 9.52. The summed E-state index contributed by atoms with van der Waals surface area (Å²) in [5.41, 5.74) is 5.65. The predicted molar refractivity (Wildman–Crippen MR) is 65.3 cm³/mol. The SMILES string of the molecule is NC(=O)c1nc(-n2ccnc2)cc2ccsc12. The first-order valence-electron chi connectivity index (χ1n) is 4.92. The van der Waals surface area contributed by atoms with Crippen molar-refractivity contribution in [1.82, 2.24) is 14.5 Å². The molecule has 0 atom stereocenters. The molecule has 6 heteroatoms. The number of primary amides is 1. The molecule has 0 unspecified atom stereocenters. The van der Waals surface area contributed by atoms with Crippen LogP contribution in [0.25, 0.3) is 15.9 Å². The highest BCUT2D eigenvalue weighted by atomic mass is 32.1. The number of aromatic nitrogens is 3. The molecule has 3 heterocycles. The molecule has 84 valence electrons. The molecular weight excluding hydrogens is 236 g/mol. The fourth-order valence-corrected chi connectivity index (χ4v) is 2.53. The maximum atomic E-state index is 11.4. The zero-order chi connectivity index (χ0) is 11.8. The fraction of sp³-hybridized carbons (Fsp3) is 0. The lowest BCUT2D eigenvalue weighted by Gasteiger charge is -2.04. The van der Waals surface area contributed by atoms with E-state index in [0.717, 1.165) is 10.1 Å². The number of hydrogen-bond donors (Lipinski definition) is 1. The van der Waals surface area contributed by atoms with E-state index in [9.17, 15) is 4.79 Å². The van der Waals surface area contributed by atoms with Crippen molar-refractivity contribution in [2.75, 3.05) is 0 Å². The maximum absolute atomic E-state index is 11.4. The second kappa shape index (κ2) is 3.67. The van der Waals surface area contributed by atoms with Gasteiger partial charge in [0.05, 0.1) is 4.70 Å². The Morgan fingerprint density at radius 3 is 3.06 bits per heavy atom. The molecule has 0 aromatic carbocycles. The van der Waals surface area contributed by atoms with Crippen LogP contribution in [0.2, 0.25) is 0 Å². The number of nitrogens with zero attached hydrogens (tertiary/aromatic N) is 3. The van der Waals surface area contributed by atoms with E-state index in [0.29, 0.717) is 11.5 Å². The zero-order valence-electron chi connectivity index (χ0n) is 8.70. The van der Waals surface area contributed by atoms with Crippen molar-refractivity contribution < 1.29 is 4.79 Å². The van der Waals surface area contributed by atoms with E-state index >= 15 is 0 Å². The lowest BCUT2D eigenvalue weighted by molar-refractivity contribution is 0.0997. The highest BCUT2D eigenvalue weighted by Gasteiger charge is 2.12. The normalized spacial score (nSPS) is 10.8. The molecule has 3 rings (SSSR count). The Hall–Kier alpha value is -2.21. The Bertz CT molecular complexity index is 687. The second-order valence-electron chi connectivity index (χ2n) is 3.50. The van der Waals surface area contributed by atoms with E-state index in [-0.39, 0.29) is 0 Å². The average Bonchev–Trinajstić information content (AvgIpc) is 2.98. The van der Waals surface area contributed by atoms with Gasteiger partial charge in [0, 0.05) is 12.4 Å². The Labute approximate surface area is 101 Å². The molecule has 0 radical (unpaired) electrons. The van der Waals surface area contributed by atoms with Crippen LogP contribution in [0.3, 0.4) is 0 Å². The van der Waals surface area contributed by atoms with E-state index in [1.165, 1.54) is 11.3 Å². The molecule has 5 nitrogen and oxygen atoms in total. The molecule has 0 aliphatic heterocycles. The van der Waals surface area contributed by atoms with Crippen molar-refractivity contribution in [1.29, 1.82) is 0 Å². The highest BCUT2D eigenvalue weighted by Crippen LogP contribution is 2.25. The number of hydrogen-bond acceptors (Lipinski definition) is 4. The van der Waals surface area contributed by atoms with Crippen molar-refractivity contribution in [3.8, 4) is 5.82 Å². The summed E-state index contributed by atoms with van der Waals surface area (Å²) >= 11 is 1.46. The van der Waals surface area contributed by atoms with Crippen LogP contribution in [-0.4, -0.2) is 20.4 Å². The van der Waals surface area contributed by atoms with Gasteiger partial charge in [0.1, 0.15) is 17.8 Å². The van der Waals surface area contributed by atoms with Crippen LogP contribution < -0.4 is 5.73 Å². The number of fused-ring (bicyclic) bond motifs is 1.